The molecule has 1 aliphatic rings. The lowest BCUT2D eigenvalue weighted by Gasteiger charge is -2.33. The van der Waals surface area contributed by atoms with E-state index in [1.54, 1.807) is 0 Å². The molecular weight excluding hydrogens is 404 g/mol. The fraction of sp³-hybridized carbons (Fsp3) is 0.360. The van der Waals surface area contributed by atoms with Gasteiger partial charge in [-0.2, -0.15) is 0 Å². The van der Waals surface area contributed by atoms with E-state index >= 15 is 0 Å². The first-order chi connectivity index (χ1) is 15.6. The van der Waals surface area contributed by atoms with E-state index in [0.717, 1.165) is 36.1 Å². The van der Waals surface area contributed by atoms with Gasteiger partial charge >= 0.3 is 0 Å². The molecule has 2 atom stereocenters. The van der Waals surface area contributed by atoms with Crippen LogP contribution in [-0.2, 0) is 27.3 Å². The molecule has 168 valence electrons. The fourth-order valence-corrected chi connectivity index (χ4v) is 4.20. The van der Waals surface area contributed by atoms with E-state index in [2.05, 4.69) is 32.7 Å². The Balaban J connectivity index is 1.34. The van der Waals surface area contributed by atoms with Crippen LogP contribution >= 0.6 is 0 Å². The molecule has 32 heavy (non-hydrogen) atoms. The Bertz CT molecular complexity index is 1050. The van der Waals surface area contributed by atoms with E-state index in [1.807, 2.05) is 48.7 Å². The van der Waals surface area contributed by atoms with Crippen molar-refractivity contribution in [2.75, 3.05) is 26.2 Å². The summed E-state index contributed by atoms with van der Waals surface area (Å²) in [5, 5.41) is 6.84. The lowest BCUT2D eigenvalue weighted by atomic mass is 10.0. The molecule has 2 heterocycles. The molecule has 4 rings (SSSR count). The summed E-state index contributed by atoms with van der Waals surface area (Å²) in [7, 11) is 0. The molecule has 2 aromatic carbocycles. The Labute approximate surface area is 188 Å². The summed E-state index contributed by atoms with van der Waals surface area (Å²) in [5.74, 6) is -0.429. The normalized spacial score (nSPS) is 17.7. The van der Waals surface area contributed by atoms with E-state index in [1.165, 1.54) is 12.5 Å². The molecule has 0 spiro atoms. The summed E-state index contributed by atoms with van der Waals surface area (Å²) in [6.07, 6.45) is 2.24. The zero-order valence-electron chi connectivity index (χ0n) is 18.3. The van der Waals surface area contributed by atoms with Gasteiger partial charge in [-0.1, -0.05) is 48.5 Å². The molecule has 0 unspecified atom stereocenters. The van der Waals surface area contributed by atoms with Crippen molar-refractivity contribution in [2.24, 2.45) is 0 Å². The molecule has 1 saturated heterocycles. The molecule has 3 aromatic rings. The van der Waals surface area contributed by atoms with Gasteiger partial charge < -0.3 is 20.4 Å². The minimum absolute atomic E-state index is 0.0810. The topological polar surface area (TPSA) is 86.5 Å². The number of ether oxygens (including phenoxy) is 1. The number of rotatable bonds is 8. The quantitative estimate of drug-likeness (QED) is 0.508. The maximum Gasteiger partial charge on any atom is 0.243 e. The van der Waals surface area contributed by atoms with E-state index in [9.17, 15) is 9.59 Å². The van der Waals surface area contributed by atoms with Crippen LogP contribution in [0.2, 0.25) is 0 Å². The van der Waals surface area contributed by atoms with Crippen LogP contribution in [0.15, 0.2) is 60.8 Å². The third-order valence-corrected chi connectivity index (χ3v) is 5.77. The Hall–Kier alpha value is -3.16. The summed E-state index contributed by atoms with van der Waals surface area (Å²) in [6.45, 7) is 4.97. The van der Waals surface area contributed by atoms with Crippen LogP contribution < -0.4 is 10.6 Å². The summed E-state index contributed by atoms with van der Waals surface area (Å²) >= 11 is 0. The number of para-hydroxylation sites is 1. The lowest BCUT2D eigenvalue weighted by Crippen LogP contribution is -2.52. The van der Waals surface area contributed by atoms with Gasteiger partial charge in [-0.05, 0) is 17.2 Å². The number of carbonyl (C=O) groups is 2. The second kappa shape index (κ2) is 10.4. The van der Waals surface area contributed by atoms with Crippen molar-refractivity contribution in [1.29, 1.82) is 0 Å². The van der Waals surface area contributed by atoms with Gasteiger partial charge in [0.2, 0.25) is 11.8 Å². The van der Waals surface area contributed by atoms with Crippen LogP contribution in [0.5, 0.6) is 0 Å². The van der Waals surface area contributed by atoms with E-state index in [-0.39, 0.29) is 17.9 Å². The second-order valence-electron chi connectivity index (χ2n) is 8.28. The molecule has 0 bridgehead atoms. The average Bonchev–Trinajstić information content (AvgIpc) is 3.20. The summed E-state index contributed by atoms with van der Waals surface area (Å²) in [6, 6.07) is 17.6. The Morgan fingerprint density at radius 2 is 1.94 bits per heavy atom. The number of H-pyrrole nitrogens is 1. The summed E-state index contributed by atoms with van der Waals surface area (Å²) in [4.78, 5) is 30.3. The average molecular weight is 435 g/mol. The molecule has 0 saturated carbocycles. The molecule has 1 aromatic heterocycles. The maximum absolute atomic E-state index is 13.0. The molecule has 2 amide bonds. The highest BCUT2D eigenvalue weighted by molar-refractivity contribution is 5.89. The number of nitrogens with zero attached hydrogens (tertiary/aromatic N) is 1. The SMILES string of the molecule is CC(=O)N[C@H](Cc1c[nH]c2ccccc12)C(=O)NC[C@H]1CN(Cc2ccccc2)CCO1. The monoisotopic (exact) mass is 434 g/mol. The van der Waals surface area contributed by atoms with Crippen molar-refractivity contribution < 1.29 is 14.3 Å². The van der Waals surface area contributed by atoms with Crippen molar-refractivity contribution in [3.8, 4) is 0 Å². The maximum atomic E-state index is 13.0. The Kier molecular flexibility index (Phi) is 7.19. The number of fused-ring (bicyclic) bond motifs is 1. The number of amides is 2. The predicted molar refractivity (Wildman–Crippen MR) is 124 cm³/mol. The van der Waals surface area contributed by atoms with Crippen LogP contribution in [0.4, 0.5) is 0 Å². The van der Waals surface area contributed by atoms with Gasteiger partial charge in [-0.3, -0.25) is 14.5 Å². The van der Waals surface area contributed by atoms with E-state index < -0.39 is 6.04 Å². The van der Waals surface area contributed by atoms with Gasteiger partial charge in [-0.15, -0.1) is 0 Å². The number of hydrogen-bond acceptors (Lipinski definition) is 4. The van der Waals surface area contributed by atoms with Crippen molar-refractivity contribution in [3.63, 3.8) is 0 Å². The standard InChI is InChI=1S/C25H30N4O3/c1-18(30)28-24(13-20-14-26-23-10-6-5-9-22(20)23)25(31)27-15-21-17-29(11-12-32-21)16-19-7-3-2-4-8-19/h2-10,14,21,24,26H,11-13,15-17H2,1H3,(H,27,31)(H,28,30)/t21-,24+/m0/s1. The third kappa shape index (κ3) is 5.75. The van der Waals surface area contributed by atoms with Crippen molar-refractivity contribution in [2.45, 2.75) is 32.0 Å². The van der Waals surface area contributed by atoms with Crippen LogP contribution in [-0.4, -0.2) is 60.1 Å². The molecule has 7 nitrogen and oxygen atoms in total. The van der Waals surface area contributed by atoms with Gasteiger partial charge in [0.1, 0.15) is 6.04 Å². The number of aromatic nitrogens is 1. The number of carbonyl (C=O) groups excluding carboxylic acids is 2. The van der Waals surface area contributed by atoms with Gasteiger partial charge in [0, 0.05) is 56.6 Å². The van der Waals surface area contributed by atoms with Gasteiger partial charge in [0.05, 0.1) is 12.7 Å². The minimum atomic E-state index is -0.643. The molecule has 7 heteroatoms. The highest BCUT2D eigenvalue weighted by atomic mass is 16.5. The molecule has 0 aliphatic carbocycles. The highest BCUT2D eigenvalue weighted by Crippen LogP contribution is 2.19. The number of benzene rings is 2. The number of aromatic amines is 1. The van der Waals surface area contributed by atoms with Crippen LogP contribution in [0.3, 0.4) is 0 Å². The first-order valence-corrected chi connectivity index (χ1v) is 11.1. The van der Waals surface area contributed by atoms with Gasteiger partial charge in [0.25, 0.3) is 0 Å². The van der Waals surface area contributed by atoms with Crippen molar-refractivity contribution in [3.05, 3.63) is 71.9 Å². The Morgan fingerprint density at radius 3 is 2.75 bits per heavy atom. The van der Waals surface area contributed by atoms with Crippen LogP contribution in [0, 0.1) is 0 Å². The zero-order valence-corrected chi connectivity index (χ0v) is 18.3. The smallest absolute Gasteiger partial charge is 0.243 e. The number of morpholine rings is 1. The van der Waals surface area contributed by atoms with E-state index in [4.69, 9.17) is 4.74 Å². The molecule has 1 aliphatic heterocycles. The molecular formula is C25H30N4O3. The minimum Gasteiger partial charge on any atom is -0.374 e. The van der Waals surface area contributed by atoms with Gasteiger partial charge in [-0.25, -0.2) is 0 Å². The van der Waals surface area contributed by atoms with E-state index in [0.29, 0.717) is 19.6 Å². The number of nitrogens with one attached hydrogen (secondary N) is 3. The van der Waals surface area contributed by atoms with Crippen molar-refractivity contribution in [1.82, 2.24) is 20.5 Å². The zero-order chi connectivity index (χ0) is 22.3. The Morgan fingerprint density at radius 1 is 1.16 bits per heavy atom. The van der Waals surface area contributed by atoms with Gasteiger partial charge in [0.15, 0.2) is 0 Å². The molecule has 0 radical (unpaired) electrons. The largest absolute Gasteiger partial charge is 0.374 e. The van der Waals surface area contributed by atoms with Crippen LogP contribution in [0.25, 0.3) is 10.9 Å². The summed E-state index contributed by atoms with van der Waals surface area (Å²) < 4.78 is 5.87. The van der Waals surface area contributed by atoms with Crippen LogP contribution in [0.1, 0.15) is 18.1 Å². The molecule has 1 fully saturated rings. The summed E-state index contributed by atoms with van der Waals surface area (Å²) in [5.41, 5.74) is 3.28. The molecule has 3 N–H and O–H groups in total. The fourth-order valence-electron chi connectivity index (χ4n) is 4.20. The predicted octanol–water partition coefficient (Wildman–Crippen LogP) is 2.23. The third-order valence-electron chi connectivity index (χ3n) is 5.77. The second-order valence-corrected chi connectivity index (χ2v) is 8.28. The lowest BCUT2D eigenvalue weighted by molar-refractivity contribution is -0.128. The number of hydrogen-bond donors (Lipinski definition) is 3. The highest BCUT2D eigenvalue weighted by Gasteiger charge is 2.25. The first-order valence-electron chi connectivity index (χ1n) is 11.1. The van der Waals surface area contributed by atoms with Crippen molar-refractivity contribution >= 4 is 22.7 Å². The first kappa shape index (κ1) is 22.0.